The molecule has 17 heavy (non-hydrogen) atoms. The lowest BCUT2D eigenvalue weighted by Gasteiger charge is -2.22. The summed E-state index contributed by atoms with van der Waals surface area (Å²) >= 11 is 0. The zero-order chi connectivity index (χ0) is 12.7. The Morgan fingerprint density at radius 1 is 1.18 bits per heavy atom. The van der Waals surface area contributed by atoms with E-state index < -0.39 is 0 Å². The van der Waals surface area contributed by atoms with E-state index in [1.54, 1.807) is 0 Å². The number of hydrogen-bond donors (Lipinski definition) is 2. The lowest BCUT2D eigenvalue weighted by atomic mass is 9.90. The average molecular weight is 238 g/mol. The molecule has 0 radical (unpaired) electrons. The van der Waals surface area contributed by atoms with Gasteiger partial charge < -0.3 is 15.1 Å². The van der Waals surface area contributed by atoms with Gasteiger partial charge in [0, 0.05) is 12.0 Å². The van der Waals surface area contributed by atoms with Gasteiger partial charge in [0.1, 0.15) is 11.5 Å². The maximum atomic E-state index is 5.69. The molecule has 0 bridgehead atoms. The van der Waals surface area contributed by atoms with Crippen molar-refractivity contribution in [2.75, 3.05) is 26.7 Å². The van der Waals surface area contributed by atoms with Gasteiger partial charge in [-0.15, -0.1) is 0 Å². The molecule has 3 nitrogen and oxygen atoms in total. The Balaban J connectivity index is 2.25. The van der Waals surface area contributed by atoms with Gasteiger partial charge in [-0.05, 0) is 52.0 Å². The minimum absolute atomic E-state index is 0.0667. The quantitative estimate of drug-likeness (QED) is 0.683. The first-order valence-corrected chi connectivity index (χ1v) is 6.48. The van der Waals surface area contributed by atoms with Gasteiger partial charge >= 0.3 is 0 Å². The normalized spacial score (nSPS) is 12.0. The van der Waals surface area contributed by atoms with Crippen molar-refractivity contribution in [2.24, 2.45) is 0 Å². The fraction of sp³-hybridized carbons (Fsp3) is 0.714. The summed E-state index contributed by atoms with van der Waals surface area (Å²) in [6.45, 7) is 9.55. The zero-order valence-corrected chi connectivity index (χ0v) is 11.6. The third kappa shape index (κ3) is 4.92. The molecule has 0 saturated carbocycles. The average Bonchev–Trinajstić information content (AvgIpc) is 2.71. The van der Waals surface area contributed by atoms with Crippen molar-refractivity contribution in [1.82, 2.24) is 10.6 Å². The molecule has 2 N–H and O–H groups in total. The first-order valence-electron chi connectivity index (χ1n) is 6.48. The predicted octanol–water partition coefficient (Wildman–Crippen LogP) is 2.45. The van der Waals surface area contributed by atoms with Crippen LogP contribution in [0.4, 0.5) is 0 Å². The Morgan fingerprint density at radius 3 is 2.47 bits per heavy atom. The SMILES string of the molecule is CNCCCCNCC(C)(C)c1ccc(C)o1. The van der Waals surface area contributed by atoms with Crippen molar-refractivity contribution in [3.05, 3.63) is 23.7 Å². The minimum Gasteiger partial charge on any atom is -0.466 e. The number of nitrogens with one attached hydrogen (secondary N) is 2. The van der Waals surface area contributed by atoms with Crippen molar-refractivity contribution >= 4 is 0 Å². The summed E-state index contributed by atoms with van der Waals surface area (Å²) in [5.74, 6) is 2.06. The number of furan rings is 1. The molecule has 0 aliphatic rings. The summed E-state index contributed by atoms with van der Waals surface area (Å²) in [5, 5.41) is 6.67. The summed E-state index contributed by atoms with van der Waals surface area (Å²) in [6.07, 6.45) is 2.44. The van der Waals surface area contributed by atoms with Crippen LogP contribution in [0.1, 0.15) is 38.2 Å². The van der Waals surface area contributed by atoms with Gasteiger partial charge in [0.25, 0.3) is 0 Å². The molecule has 0 aromatic carbocycles. The maximum Gasteiger partial charge on any atom is 0.111 e. The van der Waals surface area contributed by atoms with Crippen LogP contribution in [0, 0.1) is 6.92 Å². The topological polar surface area (TPSA) is 37.2 Å². The van der Waals surface area contributed by atoms with Crippen molar-refractivity contribution in [2.45, 2.75) is 39.0 Å². The summed E-state index contributed by atoms with van der Waals surface area (Å²) in [7, 11) is 2.00. The second-order valence-electron chi connectivity index (χ2n) is 5.28. The van der Waals surface area contributed by atoms with Crippen molar-refractivity contribution < 1.29 is 4.42 Å². The number of unbranched alkanes of at least 4 members (excludes halogenated alkanes) is 1. The Kier molecular flexibility index (Phi) is 5.72. The molecular formula is C14H26N2O. The van der Waals surface area contributed by atoms with E-state index in [2.05, 4.69) is 30.5 Å². The van der Waals surface area contributed by atoms with Gasteiger partial charge in [-0.2, -0.15) is 0 Å². The molecule has 0 aliphatic heterocycles. The van der Waals surface area contributed by atoms with E-state index in [-0.39, 0.29) is 5.41 Å². The van der Waals surface area contributed by atoms with Gasteiger partial charge in [-0.25, -0.2) is 0 Å². The molecular weight excluding hydrogens is 212 g/mol. The highest BCUT2D eigenvalue weighted by molar-refractivity contribution is 5.15. The number of hydrogen-bond acceptors (Lipinski definition) is 3. The smallest absolute Gasteiger partial charge is 0.111 e. The fourth-order valence-corrected chi connectivity index (χ4v) is 1.84. The molecule has 1 aromatic rings. The van der Waals surface area contributed by atoms with Crippen LogP contribution in [0.25, 0.3) is 0 Å². The Morgan fingerprint density at radius 2 is 1.88 bits per heavy atom. The standard InChI is InChI=1S/C14H26N2O/c1-12-7-8-13(17-12)14(2,3)11-16-10-6-5-9-15-4/h7-8,15-16H,5-6,9-11H2,1-4H3. The molecule has 0 unspecified atom stereocenters. The molecule has 1 heterocycles. The Hall–Kier alpha value is -0.800. The second-order valence-corrected chi connectivity index (χ2v) is 5.28. The van der Waals surface area contributed by atoms with Gasteiger partial charge in [0.15, 0.2) is 0 Å². The van der Waals surface area contributed by atoms with Crippen molar-refractivity contribution in [3.8, 4) is 0 Å². The van der Waals surface area contributed by atoms with Crippen LogP contribution in [0.2, 0.25) is 0 Å². The monoisotopic (exact) mass is 238 g/mol. The van der Waals surface area contributed by atoms with E-state index >= 15 is 0 Å². The molecule has 98 valence electrons. The minimum atomic E-state index is 0.0667. The lowest BCUT2D eigenvalue weighted by molar-refractivity contribution is 0.356. The first kappa shape index (κ1) is 14.3. The fourth-order valence-electron chi connectivity index (χ4n) is 1.84. The highest BCUT2D eigenvalue weighted by Gasteiger charge is 2.23. The van der Waals surface area contributed by atoms with Gasteiger partial charge in [0.2, 0.25) is 0 Å². The third-order valence-electron chi connectivity index (χ3n) is 3.00. The highest BCUT2D eigenvalue weighted by atomic mass is 16.3. The Labute approximate surface area is 105 Å². The summed E-state index contributed by atoms with van der Waals surface area (Å²) in [6, 6.07) is 4.11. The number of aryl methyl sites for hydroxylation is 1. The second kappa shape index (κ2) is 6.82. The molecule has 0 aliphatic carbocycles. The van der Waals surface area contributed by atoms with Crippen molar-refractivity contribution in [3.63, 3.8) is 0 Å². The summed E-state index contributed by atoms with van der Waals surface area (Å²) < 4.78 is 5.69. The van der Waals surface area contributed by atoms with E-state index in [4.69, 9.17) is 4.42 Å². The van der Waals surface area contributed by atoms with Crippen LogP contribution in [-0.2, 0) is 5.41 Å². The van der Waals surface area contributed by atoms with Crippen LogP contribution >= 0.6 is 0 Å². The van der Waals surface area contributed by atoms with E-state index in [0.717, 1.165) is 31.2 Å². The van der Waals surface area contributed by atoms with Gasteiger partial charge in [-0.1, -0.05) is 13.8 Å². The summed E-state index contributed by atoms with van der Waals surface area (Å²) in [5.41, 5.74) is 0.0667. The maximum absolute atomic E-state index is 5.69. The van der Waals surface area contributed by atoms with Crippen molar-refractivity contribution in [1.29, 1.82) is 0 Å². The van der Waals surface area contributed by atoms with E-state index in [0.29, 0.717) is 0 Å². The molecule has 3 heteroatoms. The van der Waals surface area contributed by atoms with E-state index in [1.165, 1.54) is 12.8 Å². The predicted molar refractivity (Wildman–Crippen MR) is 72.5 cm³/mol. The molecule has 0 saturated heterocycles. The molecule has 0 amide bonds. The van der Waals surface area contributed by atoms with Gasteiger partial charge in [-0.3, -0.25) is 0 Å². The van der Waals surface area contributed by atoms with Crippen LogP contribution in [0.5, 0.6) is 0 Å². The lowest BCUT2D eigenvalue weighted by Crippen LogP contribution is -2.33. The van der Waals surface area contributed by atoms with E-state index in [1.807, 2.05) is 20.0 Å². The molecule has 1 aromatic heterocycles. The van der Waals surface area contributed by atoms with Crippen LogP contribution in [0.15, 0.2) is 16.5 Å². The zero-order valence-electron chi connectivity index (χ0n) is 11.6. The van der Waals surface area contributed by atoms with Crippen LogP contribution in [0.3, 0.4) is 0 Å². The third-order valence-corrected chi connectivity index (χ3v) is 3.00. The summed E-state index contributed by atoms with van der Waals surface area (Å²) in [4.78, 5) is 0. The molecule has 0 spiro atoms. The first-order chi connectivity index (χ1) is 8.06. The molecule has 1 rings (SSSR count). The largest absolute Gasteiger partial charge is 0.466 e. The highest BCUT2D eigenvalue weighted by Crippen LogP contribution is 2.24. The molecule has 0 atom stereocenters. The van der Waals surface area contributed by atoms with Crippen LogP contribution < -0.4 is 10.6 Å². The Bertz CT molecular complexity index is 318. The van der Waals surface area contributed by atoms with Gasteiger partial charge in [0.05, 0.1) is 0 Å². The number of rotatable bonds is 8. The molecule has 0 fully saturated rings. The van der Waals surface area contributed by atoms with Crippen LogP contribution in [-0.4, -0.2) is 26.7 Å². The van der Waals surface area contributed by atoms with E-state index in [9.17, 15) is 0 Å².